The third-order valence-corrected chi connectivity index (χ3v) is 11.7. The Kier molecular flexibility index (Phi) is 36.3. The topological polar surface area (TPSA) is 186 Å². The van der Waals surface area contributed by atoms with Crippen molar-refractivity contribution in [2.75, 3.05) is 19.0 Å². The first-order valence-electron chi connectivity index (χ1n) is 24.2. The van der Waals surface area contributed by atoms with Gasteiger partial charge in [0.25, 0.3) is 10.1 Å². The third kappa shape index (κ3) is 33.2. The lowest BCUT2D eigenvalue weighted by Gasteiger charge is -2.40. The van der Waals surface area contributed by atoms with Gasteiger partial charge in [-0.25, -0.2) is 0 Å². The lowest BCUT2D eigenvalue weighted by Crippen LogP contribution is -2.60. The van der Waals surface area contributed by atoms with Gasteiger partial charge in [-0.2, -0.15) is 8.42 Å². The van der Waals surface area contributed by atoms with E-state index in [1.807, 2.05) is 6.08 Å². The fourth-order valence-corrected chi connectivity index (χ4v) is 7.83. The predicted octanol–water partition coefficient (Wildman–Crippen LogP) is 10.3. The number of allylic oxidation sites excluding steroid dienone is 8. The summed E-state index contributed by atoms with van der Waals surface area (Å²) in [5.74, 6) is -2.05. The Labute approximate surface area is 375 Å². The molecule has 0 radical (unpaired) electrons. The van der Waals surface area contributed by atoms with Crippen molar-refractivity contribution in [3.8, 4) is 0 Å². The fourth-order valence-electron chi connectivity index (χ4n) is 7.14. The van der Waals surface area contributed by atoms with E-state index in [0.717, 1.165) is 44.9 Å². The zero-order valence-corrected chi connectivity index (χ0v) is 39.3. The van der Waals surface area contributed by atoms with Crippen LogP contribution in [0.3, 0.4) is 0 Å². The summed E-state index contributed by atoms with van der Waals surface area (Å²) in [5, 5.41) is 30.9. The Hall–Kier alpha value is -2.39. The number of carbonyl (C=O) groups excluding carboxylic acids is 2. The van der Waals surface area contributed by atoms with Gasteiger partial charge in [-0.3, -0.25) is 14.1 Å². The van der Waals surface area contributed by atoms with Crippen LogP contribution in [-0.4, -0.2) is 96.0 Å². The van der Waals surface area contributed by atoms with Crippen LogP contribution in [0.4, 0.5) is 0 Å². The van der Waals surface area contributed by atoms with Crippen LogP contribution in [0, 0.1) is 0 Å². The van der Waals surface area contributed by atoms with Crippen molar-refractivity contribution in [2.24, 2.45) is 0 Å². The van der Waals surface area contributed by atoms with Crippen molar-refractivity contribution < 1.29 is 56.8 Å². The molecule has 0 amide bonds. The summed E-state index contributed by atoms with van der Waals surface area (Å²) < 4.78 is 54.1. The van der Waals surface area contributed by atoms with Crippen molar-refractivity contribution in [1.29, 1.82) is 0 Å². The maximum absolute atomic E-state index is 12.8. The Balaban J connectivity index is 2.45. The van der Waals surface area contributed by atoms with E-state index in [-0.39, 0.29) is 19.4 Å². The molecule has 1 rings (SSSR count). The Morgan fingerprint density at radius 2 is 0.984 bits per heavy atom. The van der Waals surface area contributed by atoms with E-state index in [1.165, 1.54) is 103 Å². The molecule has 0 aromatic heterocycles. The standard InChI is InChI=1S/C49H86O12S/c1-3-5-7-9-11-13-15-17-19-21-23-25-27-29-31-33-35-37-44(50)58-39-42(40-59-49-48(54)47(53)46(52)43(61-49)41-62(55,56)57)60-45(51)38-36-34-32-30-28-26-24-22-20-18-16-14-12-10-8-6-4-2/h11,13,17,19,23,25,29,31,42-43,46-49,52-54H,3-10,12,14-16,18,20-22,24,26-28,30,32-41H2,1-2H3,(H,55,56,57)/b13-11+,19-17+,25-23+,31-29+/t42-,43-,46-,47?,48?,49+/m1/s1. The summed E-state index contributed by atoms with van der Waals surface area (Å²) in [6, 6.07) is 0. The van der Waals surface area contributed by atoms with E-state index >= 15 is 0 Å². The van der Waals surface area contributed by atoms with Gasteiger partial charge < -0.3 is 34.3 Å². The molecule has 13 heteroatoms. The first-order chi connectivity index (χ1) is 30.0. The lowest BCUT2D eigenvalue weighted by molar-refractivity contribution is -0.297. The highest BCUT2D eigenvalue weighted by Gasteiger charge is 2.46. The van der Waals surface area contributed by atoms with E-state index < -0.39 is 71.2 Å². The largest absolute Gasteiger partial charge is 0.462 e. The van der Waals surface area contributed by atoms with Crippen LogP contribution in [0.25, 0.3) is 0 Å². The SMILES string of the molecule is CCCCC/C=C/C/C=C/C/C=C/C/C=C/CCCC(=O)OC[C@H](CO[C@H]1O[C@H](CS(=O)(=O)O)[C@@H](O)C(O)C1O)OC(=O)CCCCCCCCCCCCCCCCCCC. The first-order valence-corrected chi connectivity index (χ1v) is 25.8. The molecule has 0 spiro atoms. The zero-order valence-electron chi connectivity index (χ0n) is 38.5. The lowest BCUT2D eigenvalue weighted by atomic mass is 10.00. The number of aliphatic hydroxyl groups excluding tert-OH is 3. The van der Waals surface area contributed by atoms with Crippen molar-refractivity contribution in [3.63, 3.8) is 0 Å². The molecule has 1 fully saturated rings. The Morgan fingerprint density at radius 1 is 0.548 bits per heavy atom. The summed E-state index contributed by atoms with van der Waals surface area (Å²) >= 11 is 0. The van der Waals surface area contributed by atoms with E-state index in [9.17, 15) is 37.9 Å². The molecule has 12 nitrogen and oxygen atoms in total. The van der Waals surface area contributed by atoms with Gasteiger partial charge >= 0.3 is 11.9 Å². The minimum Gasteiger partial charge on any atom is -0.462 e. The molecule has 4 N–H and O–H groups in total. The predicted molar refractivity (Wildman–Crippen MR) is 247 cm³/mol. The number of aliphatic hydroxyl groups is 3. The second-order valence-electron chi connectivity index (χ2n) is 16.8. The number of rotatable bonds is 40. The summed E-state index contributed by atoms with van der Waals surface area (Å²) in [6.45, 7) is 3.70. The third-order valence-electron chi connectivity index (χ3n) is 10.9. The van der Waals surface area contributed by atoms with Crippen LogP contribution in [0.2, 0.25) is 0 Å². The average molecular weight is 899 g/mol. The van der Waals surface area contributed by atoms with Gasteiger partial charge in [0.05, 0.1) is 6.61 Å². The Morgan fingerprint density at radius 3 is 1.48 bits per heavy atom. The fraction of sp³-hybridized carbons (Fsp3) is 0.796. The molecule has 62 heavy (non-hydrogen) atoms. The van der Waals surface area contributed by atoms with Gasteiger partial charge in [-0.15, -0.1) is 0 Å². The molecule has 0 aliphatic carbocycles. The van der Waals surface area contributed by atoms with Crippen molar-refractivity contribution in [1.82, 2.24) is 0 Å². The summed E-state index contributed by atoms with van der Waals surface area (Å²) in [5.41, 5.74) is 0. The molecule has 360 valence electrons. The van der Waals surface area contributed by atoms with Crippen LogP contribution < -0.4 is 0 Å². The minimum atomic E-state index is -4.61. The molecule has 6 atom stereocenters. The number of unbranched alkanes of at least 4 members (excludes halogenated alkanes) is 20. The van der Waals surface area contributed by atoms with Gasteiger partial charge in [-0.05, 0) is 51.4 Å². The number of hydrogen-bond donors (Lipinski definition) is 4. The first kappa shape index (κ1) is 57.6. The highest BCUT2D eigenvalue weighted by molar-refractivity contribution is 7.85. The quantitative estimate of drug-likeness (QED) is 0.0198. The normalized spacial score (nSPS) is 20.3. The number of hydrogen-bond acceptors (Lipinski definition) is 11. The molecule has 0 aromatic carbocycles. The number of carbonyl (C=O) groups is 2. The van der Waals surface area contributed by atoms with Gasteiger partial charge in [0, 0.05) is 12.8 Å². The van der Waals surface area contributed by atoms with Crippen molar-refractivity contribution in [2.45, 2.75) is 230 Å². The van der Waals surface area contributed by atoms with E-state index in [4.69, 9.17) is 18.9 Å². The van der Waals surface area contributed by atoms with Crippen LogP contribution in [0.15, 0.2) is 48.6 Å². The van der Waals surface area contributed by atoms with Crippen LogP contribution in [-0.2, 0) is 38.7 Å². The molecule has 1 aliphatic heterocycles. The highest BCUT2D eigenvalue weighted by Crippen LogP contribution is 2.24. The molecular formula is C49H86O12S. The molecule has 1 saturated heterocycles. The van der Waals surface area contributed by atoms with Crippen molar-refractivity contribution in [3.05, 3.63) is 48.6 Å². The number of ether oxygens (including phenoxy) is 4. The van der Waals surface area contributed by atoms with Gasteiger partial charge in [0.15, 0.2) is 12.4 Å². The van der Waals surface area contributed by atoms with Gasteiger partial charge in [0.2, 0.25) is 0 Å². The Bertz CT molecular complexity index is 1330. The summed E-state index contributed by atoms with van der Waals surface area (Å²) in [6.07, 6.45) is 37.3. The van der Waals surface area contributed by atoms with Crippen LogP contribution in [0.5, 0.6) is 0 Å². The monoisotopic (exact) mass is 899 g/mol. The van der Waals surface area contributed by atoms with Gasteiger partial charge in [-0.1, -0.05) is 178 Å². The minimum absolute atomic E-state index is 0.143. The van der Waals surface area contributed by atoms with Crippen molar-refractivity contribution >= 4 is 22.1 Å². The molecule has 2 unspecified atom stereocenters. The maximum Gasteiger partial charge on any atom is 0.306 e. The summed E-state index contributed by atoms with van der Waals surface area (Å²) in [7, 11) is -4.61. The second-order valence-corrected chi connectivity index (χ2v) is 18.3. The molecular weight excluding hydrogens is 813 g/mol. The molecule has 1 heterocycles. The average Bonchev–Trinajstić information content (AvgIpc) is 3.24. The van der Waals surface area contributed by atoms with Crippen LogP contribution in [0.1, 0.15) is 194 Å². The smallest absolute Gasteiger partial charge is 0.306 e. The zero-order chi connectivity index (χ0) is 45.5. The maximum atomic E-state index is 12.8. The molecule has 0 saturated carbocycles. The second kappa shape index (κ2) is 39.0. The molecule has 0 bridgehead atoms. The highest BCUT2D eigenvalue weighted by atomic mass is 32.2. The van der Waals surface area contributed by atoms with Gasteiger partial charge in [0.1, 0.15) is 36.8 Å². The van der Waals surface area contributed by atoms with E-state index in [1.54, 1.807) is 0 Å². The molecule has 1 aliphatic rings. The molecule has 0 aromatic rings. The van der Waals surface area contributed by atoms with E-state index in [0.29, 0.717) is 19.3 Å². The summed E-state index contributed by atoms with van der Waals surface area (Å²) in [4.78, 5) is 25.4. The number of esters is 2. The van der Waals surface area contributed by atoms with Crippen LogP contribution >= 0.6 is 0 Å². The van der Waals surface area contributed by atoms with E-state index in [2.05, 4.69) is 56.4 Å².